The van der Waals surface area contributed by atoms with Gasteiger partial charge in [-0.3, -0.25) is 0 Å². The van der Waals surface area contributed by atoms with Crippen LogP contribution in [0.2, 0.25) is 0 Å². The second kappa shape index (κ2) is 3.45. The third kappa shape index (κ3) is 2.34. The predicted octanol–water partition coefficient (Wildman–Crippen LogP) is 3.01. The van der Waals surface area contributed by atoms with Crippen LogP contribution in [0.5, 0.6) is 0 Å². The maximum absolute atomic E-state index is 13.3. The summed E-state index contributed by atoms with van der Waals surface area (Å²) in [4.78, 5) is 0. The van der Waals surface area contributed by atoms with Gasteiger partial charge in [-0.15, -0.1) is 0 Å². The van der Waals surface area contributed by atoms with Gasteiger partial charge in [-0.2, -0.15) is 4.39 Å². The molecular weight excluding hydrogens is 190 g/mol. The van der Waals surface area contributed by atoms with E-state index in [2.05, 4.69) is 0 Å². The summed E-state index contributed by atoms with van der Waals surface area (Å²) in [5.41, 5.74) is 0. The molecule has 76 valence electrons. The molecule has 0 fully saturated rings. The maximum atomic E-state index is 13.3. The topological polar surface area (TPSA) is 18.5 Å². The Morgan fingerprint density at radius 3 is 1.62 bits per heavy atom. The standard InChI is InChI=1S/C9H16FO2P/c1-5(2)7-8(6(3)4)12-9(10,13)11-7/h5-6H,13H2,1-4H3. The van der Waals surface area contributed by atoms with Gasteiger partial charge >= 0.3 is 5.78 Å². The Labute approximate surface area is 80.7 Å². The Morgan fingerprint density at radius 2 is 1.38 bits per heavy atom. The molecule has 0 saturated heterocycles. The van der Waals surface area contributed by atoms with E-state index in [0.717, 1.165) is 0 Å². The van der Waals surface area contributed by atoms with Gasteiger partial charge in [0, 0.05) is 11.8 Å². The molecule has 1 aliphatic rings. The molecule has 1 unspecified atom stereocenters. The number of ether oxygens (including phenoxy) is 2. The van der Waals surface area contributed by atoms with Crippen molar-refractivity contribution in [3.8, 4) is 0 Å². The fourth-order valence-electron chi connectivity index (χ4n) is 1.23. The SMILES string of the molecule is CC(C)C1=C(C(C)C)OC(F)(P)O1. The lowest BCUT2D eigenvalue weighted by atomic mass is 10.1. The number of halogens is 1. The Hall–Kier alpha value is -0.300. The molecule has 2 nitrogen and oxygen atoms in total. The summed E-state index contributed by atoms with van der Waals surface area (Å²) in [6.45, 7) is 7.81. The molecule has 0 aromatic carbocycles. The van der Waals surface area contributed by atoms with Crippen molar-refractivity contribution in [1.29, 1.82) is 0 Å². The smallest absolute Gasteiger partial charge is 0.417 e. The van der Waals surface area contributed by atoms with Gasteiger partial charge < -0.3 is 9.47 Å². The Kier molecular flexibility index (Phi) is 2.86. The van der Waals surface area contributed by atoms with Crippen LogP contribution in [0.4, 0.5) is 4.39 Å². The number of hydrogen-bond donors (Lipinski definition) is 0. The Balaban J connectivity index is 2.90. The highest BCUT2D eigenvalue weighted by atomic mass is 31.0. The van der Waals surface area contributed by atoms with Crippen molar-refractivity contribution in [2.45, 2.75) is 33.5 Å². The molecule has 0 radical (unpaired) electrons. The molecule has 4 heteroatoms. The highest BCUT2D eigenvalue weighted by molar-refractivity contribution is 7.17. The first-order valence-corrected chi connectivity index (χ1v) is 5.01. The molecule has 0 spiro atoms. The molecule has 0 amide bonds. The number of rotatable bonds is 2. The lowest BCUT2D eigenvalue weighted by molar-refractivity contribution is -0.177. The minimum Gasteiger partial charge on any atom is -0.425 e. The predicted molar refractivity (Wildman–Crippen MR) is 52.4 cm³/mol. The first-order chi connectivity index (χ1) is 5.83. The second-order valence-electron chi connectivity index (χ2n) is 3.82. The third-order valence-corrected chi connectivity index (χ3v) is 2.03. The fraction of sp³-hybridized carbons (Fsp3) is 0.778. The molecule has 0 aromatic heterocycles. The zero-order valence-corrected chi connectivity index (χ0v) is 9.58. The van der Waals surface area contributed by atoms with Gasteiger partial charge in [-0.05, 0) is 9.24 Å². The highest BCUT2D eigenvalue weighted by Crippen LogP contribution is 2.42. The molecule has 1 aliphatic heterocycles. The molecular formula is C9H16FO2P. The Bertz CT molecular complexity index is 212. The van der Waals surface area contributed by atoms with Crippen molar-refractivity contribution in [2.24, 2.45) is 11.8 Å². The largest absolute Gasteiger partial charge is 0.425 e. The van der Waals surface area contributed by atoms with Crippen molar-refractivity contribution >= 4 is 9.24 Å². The van der Waals surface area contributed by atoms with Crippen molar-refractivity contribution in [3.05, 3.63) is 11.5 Å². The van der Waals surface area contributed by atoms with Crippen LogP contribution in [0.15, 0.2) is 11.5 Å². The number of hydrogen-bond acceptors (Lipinski definition) is 2. The zero-order chi connectivity index (χ0) is 10.2. The fourth-order valence-corrected chi connectivity index (χ4v) is 1.48. The van der Waals surface area contributed by atoms with Crippen LogP contribution in [-0.2, 0) is 9.47 Å². The van der Waals surface area contributed by atoms with Gasteiger partial charge in [-0.1, -0.05) is 27.7 Å². The van der Waals surface area contributed by atoms with Gasteiger partial charge in [0.25, 0.3) is 0 Å². The normalized spacial score (nSPS) is 20.9. The minimum atomic E-state index is -2.06. The van der Waals surface area contributed by atoms with E-state index >= 15 is 0 Å². The lowest BCUT2D eigenvalue weighted by Crippen LogP contribution is -2.15. The quantitative estimate of drug-likeness (QED) is 0.646. The number of alkyl halides is 1. The van der Waals surface area contributed by atoms with Crippen molar-refractivity contribution in [2.75, 3.05) is 0 Å². The van der Waals surface area contributed by atoms with E-state index < -0.39 is 5.78 Å². The van der Waals surface area contributed by atoms with Crippen LogP contribution < -0.4 is 0 Å². The van der Waals surface area contributed by atoms with Crippen LogP contribution in [0.3, 0.4) is 0 Å². The molecule has 0 N–H and O–H groups in total. The summed E-state index contributed by atoms with van der Waals surface area (Å²) in [5.74, 6) is -0.523. The average Bonchev–Trinajstić information content (AvgIpc) is 2.26. The summed E-state index contributed by atoms with van der Waals surface area (Å²) in [7, 11) is 1.92. The highest BCUT2D eigenvalue weighted by Gasteiger charge is 2.40. The summed E-state index contributed by atoms with van der Waals surface area (Å²) in [5, 5.41) is 0. The van der Waals surface area contributed by atoms with Crippen molar-refractivity contribution in [1.82, 2.24) is 0 Å². The maximum Gasteiger partial charge on any atom is 0.417 e. The van der Waals surface area contributed by atoms with Crippen LogP contribution >= 0.6 is 9.24 Å². The second-order valence-corrected chi connectivity index (χ2v) is 4.51. The van der Waals surface area contributed by atoms with E-state index in [9.17, 15) is 4.39 Å². The average molecular weight is 206 g/mol. The van der Waals surface area contributed by atoms with Gasteiger partial charge in [0.2, 0.25) is 0 Å². The van der Waals surface area contributed by atoms with Crippen molar-refractivity contribution in [3.63, 3.8) is 0 Å². The molecule has 0 aromatic rings. The molecule has 0 aliphatic carbocycles. The van der Waals surface area contributed by atoms with E-state index in [-0.39, 0.29) is 11.8 Å². The van der Waals surface area contributed by atoms with E-state index in [4.69, 9.17) is 9.47 Å². The third-order valence-electron chi connectivity index (χ3n) is 1.79. The molecule has 1 atom stereocenters. The van der Waals surface area contributed by atoms with E-state index in [0.29, 0.717) is 11.5 Å². The van der Waals surface area contributed by atoms with Crippen molar-refractivity contribution < 1.29 is 13.9 Å². The zero-order valence-electron chi connectivity index (χ0n) is 8.43. The molecule has 1 heterocycles. The van der Waals surface area contributed by atoms with Crippen LogP contribution in [-0.4, -0.2) is 5.78 Å². The van der Waals surface area contributed by atoms with Gasteiger partial charge in [0.15, 0.2) is 0 Å². The Morgan fingerprint density at radius 1 is 1.08 bits per heavy atom. The summed E-state index contributed by atoms with van der Waals surface area (Å²) >= 11 is 0. The molecule has 13 heavy (non-hydrogen) atoms. The molecule has 0 saturated carbocycles. The van der Waals surface area contributed by atoms with Crippen LogP contribution in [0.25, 0.3) is 0 Å². The molecule has 1 rings (SSSR count). The van der Waals surface area contributed by atoms with E-state index in [1.807, 2.05) is 36.9 Å². The van der Waals surface area contributed by atoms with E-state index in [1.54, 1.807) is 0 Å². The first-order valence-electron chi connectivity index (χ1n) is 4.43. The monoisotopic (exact) mass is 206 g/mol. The summed E-state index contributed by atoms with van der Waals surface area (Å²) in [6.07, 6.45) is 0. The number of allylic oxidation sites excluding steroid dienone is 2. The lowest BCUT2D eigenvalue weighted by Gasteiger charge is -2.14. The molecule has 0 bridgehead atoms. The van der Waals surface area contributed by atoms with E-state index in [1.165, 1.54) is 0 Å². The van der Waals surface area contributed by atoms with Gasteiger partial charge in [-0.25, -0.2) is 0 Å². The van der Waals surface area contributed by atoms with Gasteiger partial charge in [0.1, 0.15) is 11.5 Å². The first kappa shape index (κ1) is 10.8. The van der Waals surface area contributed by atoms with Crippen LogP contribution in [0, 0.1) is 11.8 Å². The minimum absolute atomic E-state index is 0.149. The van der Waals surface area contributed by atoms with Crippen LogP contribution in [0.1, 0.15) is 27.7 Å². The summed E-state index contributed by atoms with van der Waals surface area (Å²) in [6, 6.07) is 0. The summed E-state index contributed by atoms with van der Waals surface area (Å²) < 4.78 is 23.4. The van der Waals surface area contributed by atoms with Gasteiger partial charge in [0.05, 0.1) is 0 Å².